The highest BCUT2D eigenvalue weighted by atomic mass is 32.1. The van der Waals surface area contributed by atoms with Crippen LogP contribution in [0.1, 0.15) is 13.3 Å². The van der Waals surface area contributed by atoms with E-state index in [9.17, 15) is 0 Å². The van der Waals surface area contributed by atoms with E-state index in [4.69, 9.17) is 18.0 Å². The SMILES string of the molecule is CCC(C(N)=S)N1CCN(c2nccn3nccc23)CC1. The Kier molecular flexibility index (Phi) is 4.03. The normalized spacial score (nSPS) is 18.0. The Hall–Kier alpha value is -1.73. The summed E-state index contributed by atoms with van der Waals surface area (Å²) in [6.07, 6.45) is 6.43. The molecule has 1 aliphatic rings. The van der Waals surface area contributed by atoms with Crippen molar-refractivity contribution < 1.29 is 0 Å². The molecule has 21 heavy (non-hydrogen) atoms. The van der Waals surface area contributed by atoms with Gasteiger partial charge in [0.15, 0.2) is 5.82 Å². The van der Waals surface area contributed by atoms with Crippen molar-refractivity contribution in [3.63, 3.8) is 0 Å². The van der Waals surface area contributed by atoms with Gasteiger partial charge in [-0.05, 0) is 12.5 Å². The fraction of sp³-hybridized carbons (Fsp3) is 0.500. The lowest BCUT2D eigenvalue weighted by Crippen LogP contribution is -2.53. The Balaban J connectivity index is 1.74. The average molecular weight is 304 g/mol. The van der Waals surface area contributed by atoms with E-state index in [1.807, 2.05) is 16.8 Å². The van der Waals surface area contributed by atoms with Crippen LogP contribution in [0.3, 0.4) is 0 Å². The summed E-state index contributed by atoms with van der Waals surface area (Å²) in [4.78, 5) is 9.80. The summed E-state index contributed by atoms with van der Waals surface area (Å²) in [6.45, 7) is 5.89. The van der Waals surface area contributed by atoms with Gasteiger partial charge in [-0.3, -0.25) is 4.90 Å². The van der Waals surface area contributed by atoms with Crippen molar-refractivity contribution >= 4 is 28.5 Å². The molecule has 0 saturated carbocycles. The van der Waals surface area contributed by atoms with Crippen molar-refractivity contribution in [1.82, 2.24) is 19.5 Å². The number of nitrogens with zero attached hydrogens (tertiary/aromatic N) is 5. The smallest absolute Gasteiger partial charge is 0.154 e. The first kappa shape index (κ1) is 14.2. The summed E-state index contributed by atoms with van der Waals surface area (Å²) in [5, 5.41) is 4.26. The number of aromatic nitrogens is 3. The molecule has 0 bridgehead atoms. The molecular weight excluding hydrogens is 284 g/mol. The quantitative estimate of drug-likeness (QED) is 0.848. The van der Waals surface area contributed by atoms with E-state index in [2.05, 4.69) is 26.8 Å². The zero-order valence-electron chi connectivity index (χ0n) is 12.1. The van der Waals surface area contributed by atoms with Crippen LogP contribution < -0.4 is 10.6 Å². The molecule has 3 heterocycles. The van der Waals surface area contributed by atoms with Crippen molar-refractivity contribution in [3.05, 3.63) is 24.7 Å². The number of anilines is 1. The summed E-state index contributed by atoms with van der Waals surface area (Å²) < 4.78 is 1.86. The summed E-state index contributed by atoms with van der Waals surface area (Å²) in [7, 11) is 0. The molecule has 7 heteroatoms. The summed E-state index contributed by atoms with van der Waals surface area (Å²) in [5.74, 6) is 0.998. The van der Waals surface area contributed by atoms with E-state index in [0.29, 0.717) is 4.99 Å². The maximum atomic E-state index is 5.84. The molecule has 2 N–H and O–H groups in total. The van der Waals surface area contributed by atoms with Crippen LogP contribution in [0.5, 0.6) is 0 Å². The third-order valence-electron chi connectivity index (χ3n) is 4.07. The number of thiocarbonyl (C=S) groups is 1. The molecule has 6 nitrogen and oxygen atoms in total. The van der Waals surface area contributed by atoms with Gasteiger partial charge in [-0.15, -0.1) is 0 Å². The van der Waals surface area contributed by atoms with E-state index in [-0.39, 0.29) is 6.04 Å². The van der Waals surface area contributed by atoms with Crippen LogP contribution in [-0.2, 0) is 0 Å². The van der Waals surface area contributed by atoms with Gasteiger partial charge < -0.3 is 10.6 Å². The first-order valence-corrected chi connectivity index (χ1v) is 7.68. The van der Waals surface area contributed by atoms with Gasteiger partial charge in [-0.25, -0.2) is 9.50 Å². The monoisotopic (exact) mass is 304 g/mol. The van der Waals surface area contributed by atoms with E-state index < -0.39 is 0 Å². The molecular formula is C14H20N6S. The van der Waals surface area contributed by atoms with Gasteiger partial charge >= 0.3 is 0 Å². The first-order valence-electron chi connectivity index (χ1n) is 7.27. The molecule has 112 valence electrons. The van der Waals surface area contributed by atoms with Crippen molar-refractivity contribution in [2.24, 2.45) is 5.73 Å². The number of hydrogen-bond acceptors (Lipinski definition) is 5. The van der Waals surface area contributed by atoms with Gasteiger partial charge in [0.1, 0.15) is 5.52 Å². The maximum absolute atomic E-state index is 5.84. The largest absolute Gasteiger partial charge is 0.392 e. The Morgan fingerprint density at radius 3 is 2.76 bits per heavy atom. The molecule has 2 aromatic rings. The lowest BCUT2D eigenvalue weighted by molar-refractivity contribution is 0.224. The number of rotatable bonds is 4. The minimum absolute atomic E-state index is 0.209. The van der Waals surface area contributed by atoms with Gasteiger partial charge in [0, 0.05) is 38.6 Å². The fourth-order valence-electron chi connectivity index (χ4n) is 2.97. The molecule has 0 aromatic carbocycles. The third-order valence-corrected chi connectivity index (χ3v) is 4.35. The Bertz CT molecular complexity index is 631. The predicted molar refractivity (Wildman–Crippen MR) is 87.6 cm³/mol. The maximum Gasteiger partial charge on any atom is 0.154 e. The highest BCUT2D eigenvalue weighted by Gasteiger charge is 2.25. The van der Waals surface area contributed by atoms with Crippen LogP contribution in [0.25, 0.3) is 5.52 Å². The molecule has 0 aliphatic carbocycles. The minimum atomic E-state index is 0.209. The van der Waals surface area contributed by atoms with Crippen molar-refractivity contribution in [1.29, 1.82) is 0 Å². The average Bonchev–Trinajstić information content (AvgIpc) is 2.97. The number of nitrogens with two attached hydrogens (primary N) is 1. The lowest BCUT2D eigenvalue weighted by Gasteiger charge is -2.39. The Labute approximate surface area is 129 Å². The van der Waals surface area contributed by atoms with Crippen molar-refractivity contribution in [2.75, 3.05) is 31.1 Å². The lowest BCUT2D eigenvalue weighted by atomic mass is 10.1. The van der Waals surface area contributed by atoms with Gasteiger partial charge in [0.25, 0.3) is 0 Å². The first-order chi connectivity index (χ1) is 10.2. The summed E-state index contributed by atoms with van der Waals surface area (Å²) in [5.41, 5.74) is 6.89. The zero-order valence-corrected chi connectivity index (χ0v) is 13.0. The number of piperazine rings is 1. The molecule has 0 radical (unpaired) electrons. The summed E-state index contributed by atoms with van der Waals surface area (Å²) >= 11 is 5.17. The van der Waals surface area contributed by atoms with Gasteiger partial charge in [-0.1, -0.05) is 19.1 Å². The van der Waals surface area contributed by atoms with Crippen LogP contribution in [-0.4, -0.2) is 56.7 Å². The number of hydrogen-bond donors (Lipinski definition) is 1. The molecule has 0 spiro atoms. The molecule has 1 fully saturated rings. The van der Waals surface area contributed by atoms with Gasteiger partial charge in [0.05, 0.1) is 17.2 Å². The van der Waals surface area contributed by atoms with Crippen LogP contribution in [0, 0.1) is 0 Å². The summed E-state index contributed by atoms with van der Waals surface area (Å²) in [6, 6.07) is 2.21. The Morgan fingerprint density at radius 2 is 2.10 bits per heavy atom. The fourth-order valence-corrected chi connectivity index (χ4v) is 3.29. The second-order valence-corrected chi connectivity index (χ2v) is 5.73. The Morgan fingerprint density at radius 1 is 1.33 bits per heavy atom. The highest BCUT2D eigenvalue weighted by Crippen LogP contribution is 2.20. The van der Waals surface area contributed by atoms with E-state index >= 15 is 0 Å². The second kappa shape index (κ2) is 5.95. The van der Waals surface area contributed by atoms with Crippen LogP contribution >= 0.6 is 12.2 Å². The van der Waals surface area contributed by atoms with Crippen LogP contribution in [0.2, 0.25) is 0 Å². The molecule has 3 rings (SSSR count). The minimum Gasteiger partial charge on any atom is -0.392 e. The van der Waals surface area contributed by atoms with Crippen LogP contribution in [0.4, 0.5) is 5.82 Å². The molecule has 1 aliphatic heterocycles. The van der Waals surface area contributed by atoms with E-state index in [1.165, 1.54) is 0 Å². The topological polar surface area (TPSA) is 62.7 Å². The molecule has 1 unspecified atom stereocenters. The van der Waals surface area contributed by atoms with Crippen LogP contribution in [0.15, 0.2) is 24.7 Å². The van der Waals surface area contributed by atoms with Gasteiger partial charge in [0.2, 0.25) is 0 Å². The van der Waals surface area contributed by atoms with Crippen molar-refractivity contribution in [3.8, 4) is 0 Å². The number of fused-ring (bicyclic) bond motifs is 1. The predicted octanol–water partition coefficient (Wildman–Crippen LogP) is 0.916. The van der Waals surface area contributed by atoms with Gasteiger partial charge in [-0.2, -0.15) is 5.10 Å². The third kappa shape index (κ3) is 2.71. The van der Waals surface area contributed by atoms with E-state index in [1.54, 1.807) is 12.4 Å². The molecule has 2 aromatic heterocycles. The highest BCUT2D eigenvalue weighted by molar-refractivity contribution is 7.80. The van der Waals surface area contributed by atoms with Crippen molar-refractivity contribution in [2.45, 2.75) is 19.4 Å². The second-order valence-electron chi connectivity index (χ2n) is 5.26. The molecule has 1 atom stereocenters. The molecule has 0 amide bonds. The standard InChI is InChI=1S/C14H20N6S/c1-2-11(13(15)21)18-7-9-19(10-8-18)14-12-3-4-17-20(12)6-5-16-14/h3-6,11H,2,7-10H2,1H3,(H2,15,21). The van der Waals surface area contributed by atoms with E-state index in [0.717, 1.165) is 43.9 Å². The molecule has 1 saturated heterocycles. The zero-order chi connectivity index (χ0) is 14.8.